The van der Waals surface area contributed by atoms with E-state index in [1.807, 2.05) is 6.07 Å². The summed E-state index contributed by atoms with van der Waals surface area (Å²) in [5, 5.41) is 13.5. The van der Waals surface area contributed by atoms with Gasteiger partial charge in [0.2, 0.25) is 10.0 Å². The van der Waals surface area contributed by atoms with E-state index in [0.29, 0.717) is 34.0 Å². The van der Waals surface area contributed by atoms with Crippen molar-refractivity contribution in [3.8, 4) is 6.07 Å². The van der Waals surface area contributed by atoms with E-state index in [0.717, 1.165) is 12.8 Å². The highest BCUT2D eigenvalue weighted by Gasteiger charge is 2.29. The molecular formula is C20H20BrN3O5S2. The lowest BCUT2D eigenvalue weighted by atomic mass is 10.0. The molecule has 1 aromatic carbocycles. The maximum Gasteiger partial charge on any atom is 0.338 e. The van der Waals surface area contributed by atoms with E-state index >= 15 is 0 Å². The second kappa shape index (κ2) is 9.91. The number of nitriles is 1. The monoisotopic (exact) mass is 525 g/mol. The van der Waals surface area contributed by atoms with Crippen molar-refractivity contribution in [2.45, 2.75) is 24.7 Å². The molecule has 1 N–H and O–H groups in total. The molecule has 1 aromatic heterocycles. The van der Waals surface area contributed by atoms with Crippen molar-refractivity contribution < 1.29 is 22.7 Å². The Morgan fingerprint density at radius 3 is 2.71 bits per heavy atom. The predicted octanol–water partition coefficient (Wildman–Crippen LogP) is 3.60. The second-order valence-electron chi connectivity index (χ2n) is 7.16. The van der Waals surface area contributed by atoms with Crippen LogP contribution in [-0.4, -0.2) is 44.3 Å². The molecule has 0 atom stereocenters. The average molecular weight is 526 g/mol. The quantitative estimate of drug-likeness (QED) is 0.575. The predicted molar refractivity (Wildman–Crippen MR) is 119 cm³/mol. The number of hydrogen-bond acceptors (Lipinski definition) is 7. The zero-order valence-corrected chi connectivity index (χ0v) is 19.8. The number of ether oxygens (including phenoxy) is 1. The maximum atomic E-state index is 13.0. The van der Waals surface area contributed by atoms with Crippen LogP contribution in [0.1, 0.15) is 35.7 Å². The van der Waals surface area contributed by atoms with Gasteiger partial charge in [-0.3, -0.25) is 4.79 Å². The third-order valence-corrected chi connectivity index (χ3v) is 8.02. The molecule has 3 rings (SSSR count). The molecule has 8 nitrogen and oxygen atoms in total. The van der Waals surface area contributed by atoms with Gasteiger partial charge in [-0.25, -0.2) is 13.2 Å². The fraction of sp³-hybridized carbons (Fsp3) is 0.350. The first kappa shape index (κ1) is 23.4. The van der Waals surface area contributed by atoms with Crippen LogP contribution in [0.3, 0.4) is 0 Å². The van der Waals surface area contributed by atoms with E-state index in [4.69, 9.17) is 10.00 Å². The molecule has 2 aromatic rings. The normalized spacial score (nSPS) is 15.3. The number of thiophene rings is 1. The van der Waals surface area contributed by atoms with Crippen molar-refractivity contribution >= 4 is 54.2 Å². The number of piperidine rings is 1. The molecule has 1 aliphatic heterocycles. The lowest BCUT2D eigenvalue weighted by molar-refractivity contribution is -0.119. The van der Waals surface area contributed by atoms with Gasteiger partial charge in [-0.05, 0) is 48.4 Å². The van der Waals surface area contributed by atoms with E-state index in [2.05, 4.69) is 28.2 Å². The topological polar surface area (TPSA) is 117 Å². The second-order valence-corrected chi connectivity index (χ2v) is 10.9. The Morgan fingerprint density at radius 1 is 1.32 bits per heavy atom. The standard InChI is InChI=1S/C20H20BrN3O5S2/c1-13-2-5-24(6-3-13)31(27,28)17-9-15(8-16(21)10-17)20(26)29-12-18(25)23-19-14(11-22)4-7-30-19/h4,7-10,13H,2-3,5-6,12H2,1H3,(H,23,25). The molecule has 0 unspecified atom stereocenters. The van der Waals surface area contributed by atoms with Crippen molar-refractivity contribution in [2.75, 3.05) is 25.0 Å². The molecule has 164 valence electrons. The molecule has 0 aliphatic carbocycles. The summed E-state index contributed by atoms with van der Waals surface area (Å²) < 4.78 is 32.8. The van der Waals surface area contributed by atoms with Gasteiger partial charge in [0.15, 0.2) is 6.61 Å². The summed E-state index contributed by atoms with van der Waals surface area (Å²) >= 11 is 4.42. The van der Waals surface area contributed by atoms with Crippen LogP contribution in [0.4, 0.5) is 5.00 Å². The van der Waals surface area contributed by atoms with Gasteiger partial charge in [-0.1, -0.05) is 22.9 Å². The largest absolute Gasteiger partial charge is 0.452 e. The van der Waals surface area contributed by atoms with E-state index in [1.54, 1.807) is 11.4 Å². The van der Waals surface area contributed by atoms with Crippen LogP contribution in [0, 0.1) is 17.2 Å². The van der Waals surface area contributed by atoms with Gasteiger partial charge >= 0.3 is 5.97 Å². The number of amides is 1. The zero-order valence-electron chi connectivity index (χ0n) is 16.6. The fourth-order valence-electron chi connectivity index (χ4n) is 3.08. The summed E-state index contributed by atoms with van der Waals surface area (Å²) in [6.07, 6.45) is 1.57. The molecule has 0 radical (unpaired) electrons. The highest BCUT2D eigenvalue weighted by atomic mass is 79.9. The minimum atomic E-state index is -3.75. The summed E-state index contributed by atoms with van der Waals surface area (Å²) in [5.74, 6) is -0.950. The molecule has 1 saturated heterocycles. The smallest absolute Gasteiger partial charge is 0.338 e. The van der Waals surface area contributed by atoms with Crippen molar-refractivity contribution in [3.05, 3.63) is 45.2 Å². The fourth-order valence-corrected chi connectivity index (χ4v) is 6.01. The summed E-state index contributed by atoms with van der Waals surface area (Å²) in [6.45, 7) is 2.39. The Hall–Kier alpha value is -2.26. The first-order valence-corrected chi connectivity index (χ1v) is 12.6. The molecular weight excluding hydrogens is 506 g/mol. The van der Waals surface area contributed by atoms with Crippen molar-refractivity contribution in [3.63, 3.8) is 0 Å². The summed E-state index contributed by atoms with van der Waals surface area (Å²) in [5.41, 5.74) is 0.332. The van der Waals surface area contributed by atoms with Gasteiger partial charge < -0.3 is 10.1 Å². The van der Waals surface area contributed by atoms with Crippen LogP contribution in [-0.2, 0) is 19.6 Å². The summed E-state index contributed by atoms with van der Waals surface area (Å²) in [6, 6.07) is 7.65. The van der Waals surface area contributed by atoms with Crippen LogP contribution >= 0.6 is 27.3 Å². The van der Waals surface area contributed by atoms with Crippen LogP contribution in [0.25, 0.3) is 0 Å². The van der Waals surface area contributed by atoms with E-state index in [9.17, 15) is 18.0 Å². The number of rotatable bonds is 6. The highest BCUT2D eigenvalue weighted by Crippen LogP contribution is 2.27. The van der Waals surface area contributed by atoms with E-state index in [-0.39, 0.29) is 10.5 Å². The number of benzene rings is 1. The van der Waals surface area contributed by atoms with Crippen LogP contribution in [0.2, 0.25) is 0 Å². The first-order valence-electron chi connectivity index (χ1n) is 9.46. The average Bonchev–Trinajstić information content (AvgIpc) is 3.18. The molecule has 0 saturated carbocycles. The third kappa shape index (κ3) is 5.71. The summed E-state index contributed by atoms with van der Waals surface area (Å²) in [4.78, 5) is 24.5. The Bertz CT molecular complexity index is 1130. The first-order chi connectivity index (χ1) is 14.7. The molecule has 11 heteroatoms. The third-order valence-electron chi connectivity index (χ3n) is 4.86. The van der Waals surface area contributed by atoms with Gasteiger partial charge in [-0.2, -0.15) is 9.57 Å². The Labute approximate surface area is 193 Å². The molecule has 1 fully saturated rings. The lowest BCUT2D eigenvalue weighted by Gasteiger charge is -2.29. The van der Waals surface area contributed by atoms with E-state index in [1.165, 1.54) is 33.8 Å². The van der Waals surface area contributed by atoms with Gasteiger partial charge in [0.1, 0.15) is 11.1 Å². The molecule has 2 heterocycles. The number of nitrogens with zero attached hydrogens (tertiary/aromatic N) is 2. The number of carbonyl (C=O) groups is 2. The minimum absolute atomic E-state index is 0.00919. The number of esters is 1. The molecule has 0 spiro atoms. The summed E-state index contributed by atoms with van der Waals surface area (Å²) in [7, 11) is -3.75. The van der Waals surface area contributed by atoms with Crippen molar-refractivity contribution in [1.29, 1.82) is 5.26 Å². The SMILES string of the molecule is CC1CCN(S(=O)(=O)c2cc(Br)cc(C(=O)OCC(=O)Nc3sccc3C#N)c2)CC1. The van der Waals surface area contributed by atoms with Gasteiger partial charge in [0, 0.05) is 17.6 Å². The van der Waals surface area contributed by atoms with Crippen molar-refractivity contribution in [2.24, 2.45) is 5.92 Å². The molecule has 1 aliphatic rings. The molecule has 1 amide bonds. The number of anilines is 1. The van der Waals surface area contributed by atoms with Gasteiger partial charge in [0.05, 0.1) is 16.0 Å². The zero-order chi connectivity index (χ0) is 22.6. The van der Waals surface area contributed by atoms with Gasteiger partial charge in [-0.15, -0.1) is 11.3 Å². The maximum absolute atomic E-state index is 13.0. The number of nitrogens with one attached hydrogen (secondary N) is 1. The molecule has 0 bridgehead atoms. The number of sulfonamides is 1. The van der Waals surface area contributed by atoms with Crippen LogP contribution in [0.15, 0.2) is 39.0 Å². The number of hydrogen-bond donors (Lipinski definition) is 1. The Morgan fingerprint density at radius 2 is 2.03 bits per heavy atom. The van der Waals surface area contributed by atoms with Crippen LogP contribution in [0.5, 0.6) is 0 Å². The highest BCUT2D eigenvalue weighted by molar-refractivity contribution is 9.10. The Kier molecular flexibility index (Phi) is 7.48. The Balaban J connectivity index is 1.68. The molecule has 31 heavy (non-hydrogen) atoms. The van der Waals surface area contributed by atoms with E-state index < -0.39 is 28.5 Å². The number of halogens is 1. The van der Waals surface area contributed by atoms with Crippen LogP contribution < -0.4 is 5.32 Å². The lowest BCUT2D eigenvalue weighted by Crippen LogP contribution is -2.37. The minimum Gasteiger partial charge on any atom is -0.452 e. The van der Waals surface area contributed by atoms with Crippen molar-refractivity contribution in [1.82, 2.24) is 4.31 Å². The number of carbonyl (C=O) groups excluding carboxylic acids is 2. The van der Waals surface area contributed by atoms with Gasteiger partial charge in [0.25, 0.3) is 5.91 Å².